The fourth-order valence-electron chi connectivity index (χ4n) is 10.1. The van der Waals surface area contributed by atoms with Crippen LogP contribution in [0, 0.1) is 0 Å². The second kappa shape index (κ2) is 13.2. The first-order valence-corrected chi connectivity index (χ1v) is 23.5. The highest BCUT2D eigenvalue weighted by molar-refractivity contribution is 7.27. The quantitative estimate of drug-likeness (QED) is 0.124. The molecule has 5 nitrogen and oxygen atoms in total. The third-order valence-electron chi connectivity index (χ3n) is 12.7. The molecule has 0 spiro atoms. The van der Waals surface area contributed by atoms with E-state index in [2.05, 4.69) is 220 Å². The zero-order chi connectivity index (χ0) is 40.1. The Morgan fingerprint density at radius 3 is 1.57 bits per heavy atom. The van der Waals surface area contributed by atoms with Crippen LogP contribution >= 0.6 is 11.3 Å². The second-order valence-electron chi connectivity index (χ2n) is 15.8. The van der Waals surface area contributed by atoms with Crippen molar-refractivity contribution in [3.63, 3.8) is 0 Å². The number of fused-ring (bicyclic) bond motifs is 12. The van der Waals surface area contributed by atoms with Crippen molar-refractivity contribution in [2.45, 2.75) is 0 Å². The van der Waals surface area contributed by atoms with Crippen LogP contribution in [0.15, 0.2) is 212 Å². The van der Waals surface area contributed by atoms with E-state index >= 15 is 0 Å². The number of thiophene rings is 1. The summed E-state index contributed by atoms with van der Waals surface area (Å²) in [5.74, 6) is 1.84. The molecule has 0 aliphatic heterocycles. The van der Waals surface area contributed by atoms with Crippen molar-refractivity contribution in [1.82, 2.24) is 23.5 Å². The van der Waals surface area contributed by atoms with E-state index in [0.717, 1.165) is 55.1 Å². The molecule has 0 fully saturated rings. The van der Waals surface area contributed by atoms with Crippen LogP contribution < -0.4 is 20.7 Å². The SMILES string of the molecule is c1ccc([Si](c2ccccc2)(c2ccccc2)c2cccc(-n3c4ccccc4n4c5ccc6c7ccnc(-n8c9ccccc9c9ccccc98)c7sc6c5nc34)c2)cc1. The molecule has 0 radical (unpaired) electrons. The number of benzene rings is 8. The van der Waals surface area contributed by atoms with Crippen LogP contribution in [0.25, 0.3) is 81.3 Å². The molecule has 0 saturated heterocycles. The van der Waals surface area contributed by atoms with E-state index in [1.807, 2.05) is 6.20 Å². The molecule has 0 aliphatic rings. The maximum Gasteiger partial charge on any atom is 0.220 e. The first-order chi connectivity index (χ1) is 30.3. The summed E-state index contributed by atoms with van der Waals surface area (Å²) in [7, 11) is -2.78. The van der Waals surface area contributed by atoms with Crippen LogP contribution in [0.5, 0.6) is 0 Å². The first kappa shape index (κ1) is 34.3. The molecule has 0 amide bonds. The van der Waals surface area contributed by atoms with E-state index in [1.54, 1.807) is 11.3 Å². The molecule has 0 aliphatic carbocycles. The van der Waals surface area contributed by atoms with Gasteiger partial charge in [-0.3, -0.25) is 13.5 Å². The van der Waals surface area contributed by atoms with Crippen LogP contribution in [0.4, 0.5) is 0 Å². The van der Waals surface area contributed by atoms with E-state index in [4.69, 9.17) is 9.97 Å². The lowest BCUT2D eigenvalue weighted by molar-refractivity contribution is 1.11. The highest BCUT2D eigenvalue weighted by atomic mass is 32.1. The molecule has 0 saturated carbocycles. The first-order valence-electron chi connectivity index (χ1n) is 20.7. The van der Waals surface area contributed by atoms with E-state index in [1.165, 1.54) is 47.0 Å². The number of pyridine rings is 1. The predicted octanol–water partition coefficient (Wildman–Crippen LogP) is 10.7. The van der Waals surface area contributed by atoms with Gasteiger partial charge in [-0.05, 0) is 69.3 Å². The Bertz CT molecular complexity index is 3680. The van der Waals surface area contributed by atoms with Crippen molar-refractivity contribution < 1.29 is 0 Å². The second-order valence-corrected chi connectivity index (χ2v) is 20.6. The Balaban J connectivity index is 1.07. The zero-order valence-corrected chi connectivity index (χ0v) is 34.7. The van der Waals surface area contributed by atoms with Gasteiger partial charge in [0.1, 0.15) is 5.52 Å². The minimum Gasteiger partial charge on any atom is -0.293 e. The van der Waals surface area contributed by atoms with Crippen LogP contribution in [0.2, 0.25) is 0 Å². The summed E-state index contributed by atoms with van der Waals surface area (Å²) in [6, 6.07) is 75.4. The summed E-state index contributed by atoms with van der Waals surface area (Å²) in [5, 5.41) is 10.2. The molecule has 7 heteroatoms. The Morgan fingerprint density at radius 1 is 0.393 bits per heavy atom. The normalized spacial score (nSPS) is 12.3. The van der Waals surface area contributed by atoms with Crippen LogP contribution in [-0.4, -0.2) is 31.6 Å². The summed E-state index contributed by atoms with van der Waals surface area (Å²) in [6.45, 7) is 0. The summed E-state index contributed by atoms with van der Waals surface area (Å²) in [4.78, 5) is 10.7. The average Bonchev–Trinajstić information content (AvgIpc) is 4.08. The van der Waals surface area contributed by atoms with Gasteiger partial charge in [-0.1, -0.05) is 158 Å². The lowest BCUT2D eigenvalue weighted by Crippen LogP contribution is -2.74. The smallest absolute Gasteiger partial charge is 0.220 e. The Morgan fingerprint density at radius 2 is 0.934 bits per heavy atom. The molecule has 0 unspecified atom stereocenters. The largest absolute Gasteiger partial charge is 0.293 e. The Kier molecular flexibility index (Phi) is 7.43. The standard InChI is InChI=1S/C54H35N5SSi/c1-4-18-37(19-5-1)61(38-20-6-2-7-21-38,39-22-8-3-9-23-39)40-24-16-17-36(35-40)57-47-29-14-15-30-48(47)59-49-32-31-43-44-33-34-55-53(52(44)60-51(43)50(49)56-54(57)59)58-45-27-12-10-25-41(45)42-26-11-13-28-46(42)58/h1-35H. The fourth-order valence-corrected chi connectivity index (χ4v) is 16.2. The summed E-state index contributed by atoms with van der Waals surface area (Å²) >= 11 is 1.79. The monoisotopic (exact) mass is 813 g/mol. The average molecular weight is 814 g/mol. The van der Waals surface area contributed by atoms with Crippen molar-refractivity contribution in [1.29, 1.82) is 0 Å². The van der Waals surface area contributed by atoms with Crippen molar-refractivity contribution in [2.24, 2.45) is 0 Å². The van der Waals surface area contributed by atoms with Crippen LogP contribution in [-0.2, 0) is 0 Å². The Hall–Kier alpha value is -7.58. The molecule has 13 aromatic rings. The van der Waals surface area contributed by atoms with Crippen molar-refractivity contribution >= 4 is 110 Å². The molecule has 13 rings (SSSR count). The van der Waals surface area contributed by atoms with E-state index < -0.39 is 8.07 Å². The molecule has 0 N–H and O–H groups in total. The highest BCUT2D eigenvalue weighted by Crippen LogP contribution is 2.43. The number of para-hydroxylation sites is 4. The fraction of sp³-hybridized carbons (Fsp3) is 0. The molecular weight excluding hydrogens is 779 g/mol. The third kappa shape index (κ3) is 4.81. The van der Waals surface area contributed by atoms with Gasteiger partial charge in [0.05, 0.1) is 37.0 Å². The third-order valence-corrected chi connectivity index (χ3v) is 18.7. The van der Waals surface area contributed by atoms with Crippen LogP contribution in [0.1, 0.15) is 0 Å². The van der Waals surface area contributed by atoms with Crippen molar-refractivity contribution in [3.05, 3.63) is 212 Å². The minimum atomic E-state index is -2.78. The lowest BCUT2D eigenvalue weighted by atomic mass is 10.1. The van der Waals surface area contributed by atoms with Crippen molar-refractivity contribution in [3.8, 4) is 11.5 Å². The van der Waals surface area contributed by atoms with Crippen LogP contribution in [0.3, 0.4) is 0 Å². The molecular formula is C54H35N5SSi. The molecule has 0 bridgehead atoms. The summed E-state index contributed by atoms with van der Waals surface area (Å²) < 4.78 is 9.37. The number of nitrogens with zero attached hydrogens (tertiary/aromatic N) is 5. The summed E-state index contributed by atoms with van der Waals surface area (Å²) in [6.07, 6.45) is 1.96. The van der Waals surface area contributed by atoms with Crippen molar-refractivity contribution in [2.75, 3.05) is 0 Å². The Labute approximate surface area is 355 Å². The van der Waals surface area contributed by atoms with Gasteiger partial charge in [0.15, 0.2) is 13.9 Å². The number of aromatic nitrogens is 5. The van der Waals surface area contributed by atoms with Gasteiger partial charge >= 0.3 is 0 Å². The molecule has 5 heterocycles. The van der Waals surface area contributed by atoms with Gasteiger partial charge in [0, 0.05) is 33.4 Å². The molecule has 61 heavy (non-hydrogen) atoms. The minimum absolute atomic E-state index is 0.894. The molecule has 286 valence electrons. The van der Waals surface area contributed by atoms with E-state index in [-0.39, 0.29) is 0 Å². The van der Waals surface area contributed by atoms with Gasteiger partial charge in [-0.2, -0.15) is 0 Å². The van der Waals surface area contributed by atoms with Gasteiger partial charge in [-0.25, -0.2) is 9.97 Å². The van der Waals surface area contributed by atoms with E-state index in [0.29, 0.717) is 0 Å². The highest BCUT2D eigenvalue weighted by Gasteiger charge is 2.41. The number of rotatable bonds is 6. The number of hydrogen-bond donors (Lipinski definition) is 0. The lowest BCUT2D eigenvalue weighted by Gasteiger charge is -2.34. The van der Waals surface area contributed by atoms with Gasteiger partial charge in [-0.15, -0.1) is 11.3 Å². The molecule has 5 aromatic heterocycles. The van der Waals surface area contributed by atoms with Gasteiger partial charge < -0.3 is 0 Å². The topological polar surface area (TPSA) is 40.0 Å². The number of imidazole rings is 2. The van der Waals surface area contributed by atoms with Gasteiger partial charge in [0.25, 0.3) is 0 Å². The van der Waals surface area contributed by atoms with E-state index in [9.17, 15) is 0 Å². The number of hydrogen-bond acceptors (Lipinski definition) is 3. The zero-order valence-electron chi connectivity index (χ0n) is 32.9. The predicted molar refractivity (Wildman–Crippen MR) is 258 cm³/mol. The maximum atomic E-state index is 5.63. The molecule has 8 aromatic carbocycles. The van der Waals surface area contributed by atoms with Gasteiger partial charge in [0.2, 0.25) is 5.78 Å². The maximum absolute atomic E-state index is 5.63. The summed E-state index contributed by atoms with van der Waals surface area (Å²) in [5.41, 5.74) is 7.72. The molecule has 0 atom stereocenters.